The third-order valence-corrected chi connectivity index (χ3v) is 1.53. The zero-order valence-corrected chi connectivity index (χ0v) is 6.59. The predicted octanol–water partition coefficient (Wildman–Crippen LogP) is 1.35. The molecule has 2 nitrogen and oxygen atoms in total. The van der Waals surface area contributed by atoms with Gasteiger partial charge in [-0.05, 0) is 12.1 Å². The first kappa shape index (κ1) is 8.93. The van der Waals surface area contributed by atoms with Crippen LogP contribution in [0.15, 0.2) is 18.2 Å². The Labute approximate surface area is 69.0 Å². The van der Waals surface area contributed by atoms with Gasteiger partial charge in [0.1, 0.15) is 18.4 Å². The Morgan fingerprint density at radius 3 is 2.67 bits per heavy atom. The Kier molecular flexibility index (Phi) is 2.60. The van der Waals surface area contributed by atoms with Gasteiger partial charge in [-0.3, -0.25) is 0 Å². The van der Waals surface area contributed by atoms with Crippen molar-refractivity contribution >= 4 is 5.69 Å². The van der Waals surface area contributed by atoms with Crippen LogP contribution in [0.3, 0.4) is 0 Å². The lowest BCUT2D eigenvalue weighted by Crippen LogP contribution is -2.19. The van der Waals surface area contributed by atoms with E-state index >= 15 is 0 Å². The van der Waals surface area contributed by atoms with Crippen LogP contribution in [0.2, 0.25) is 0 Å². The predicted molar refractivity (Wildman–Crippen MR) is 41.8 cm³/mol. The first-order valence-corrected chi connectivity index (χ1v) is 3.42. The molecule has 0 unspecified atom stereocenters. The van der Waals surface area contributed by atoms with Crippen molar-refractivity contribution in [3.63, 3.8) is 0 Å². The highest BCUT2D eigenvalue weighted by Crippen LogP contribution is 2.18. The largest absolute Gasteiger partial charge is 0.376 e. The Bertz CT molecular complexity index is 278. The van der Waals surface area contributed by atoms with Gasteiger partial charge in [0.05, 0.1) is 5.69 Å². The minimum Gasteiger partial charge on any atom is -0.376 e. The van der Waals surface area contributed by atoms with Crippen LogP contribution in [-0.2, 0) is 0 Å². The third-order valence-electron chi connectivity index (χ3n) is 1.53. The first-order valence-electron chi connectivity index (χ1n) is 3.42. The quantitative estimate of drug-likeness (QED) is 0.682. The van der Waals surface area contributed by atoms with Crippen LogP contribution in [0.1, 0.15) is 0 Å². The average Bonchev–Trinajstić information content (AvgIpc) is 2.08. The second-order valence-electron chi connectivity index (χ2n) is 2.44. The number of halogens is 2. The number of rotatable bonds is 2. The lowest BCUT2D eigenvalue weighted by atomic mass is 10.3. The van der Waals surface area contributed by atoms with Crippen molar-refractivity contribution < 1.29 is 13.9 Å². The molecule has 1 aromatic carbocycles. The van der Waals surface area contributed by atoms with E-state index in [-0.39, 0.29) is 12.4 Å². The number of hydrogen-bond donors (Lipinski definition) is 1. The Balaban J connectivity index is 3.04. The molecule has 0 saturated heterocycles. The van der Waals surface area contributed by atoms with Crippen LogP contribution in [-0.4, -0.2) is 18.9 Å². The van der Waals surface area contributed by atoms with Crippen LogP contribution in [0.25, 0.3) is 0 Å². The van der Waals surface area contributed by atoms with Gasteiger partial charge >= 0.3 is 0 Å². The average molecular weight is 173 g/mol. The summed E-state index contributed by atoms with van der Waals surface area (Å²) in [6, 6.07) is 3.09. The zero-order chi connectivity index (χ0) is 9.14. The molecule has 0 aliphatic carbocycles. The molecular formula is C8H9F2NO. The summed E-state index contributed by atoms with van der Waals surface area (Å²) in [5.41, 5.74) is 0.0532. The van der Waals surface area contributed by atoms with Gasteiger partial charge in [-0.25, -0.2) is 8.78 Å². The summed E-state index contributed by atoms with van der Waals surface area (Å²) >= 11 is 0. The summed E-state index contributed by atoms with van der Waals surface area (Å²) in [6.45, 7) is -0.347. The third kappa shape index (κ3) is 1.71. The Morgan fingerprint density at radius 2 is 2.08 bits per heavy atom. The first-order chi connectivity index (χ1) is 5.65. The molecule has 0 amide bonds. The fraction of sp³-hybridized carbons (Fsp3) is 0.250. The van der Waals surface area contributed by atoms with Gasteiger partial charge in [0.25, 0.3) is 0 Å². The van der Waals surface area contributed by atoms with E-state index in [9.17, 15) is 8.78 Å². The molecule has 1 rings (SSSR count). The fourth-order valence-corrected chi connectivity index (χ4v) is 0.855. The van der Waals surface area contributed by atoms with Crippen molar-refractivity contribution in [3.05, 3.63) is 29.8 Å². The van der Waals surface area contributed by atoms with Crippen LogP contribution >= 0.6 is 0 Å². The van der Waals surface area contributed by atoms with Gasteiger partial charge < -0.3 is 10.0 Å². The molecule has 0 radical (unpaired) electrons. The molecule has 0 saturated carbocycles. The summed E-state index contributed by atoms with van der Waals surface area (Å²) in [6.07, 6.45) is 0. The topological polar surface area (TPSA) is 23.5 Å². The minimum atomic E-state index is -0.548. The maximum Gasteiger partial charge on any atom is 0.146 e. The van der Waals surface area contributed by atoms with E-state index in [2.05, 4.69) is 0 Å². The van der Waals surface area contributed by atoms with Gasteiger partial charge in [-0.1, -0.05) is 0 Å². The summed E-state index contributed by atoms with van der Waals surface area (Å²) in [5, 5.41) is 8.64. The molecule has 0 bridgehead atoms. The number of hydrogen-bond acceptors (Lipinski definition) is 2. The van der Waals surface area contributed by atoms with E-state index in [1.807, 2.05) is 0 Å². The minimum absolute atomic E-state index is 0.0532. The number of nitrogens with zero attached hydrogens (tertiary/aromatic N) is 1. The van der Waals surface area contributed by atoms with E-state index in [0.717, 1.165) is 18.2 Å². The molecule has 1 N–H and O–H groups in total. The van der Waals surface area contributed by atoms with Gasteiger partial charge in [0.15, 0.2) is 0 Å². The summed E-state index contributed by atoms with van der Waals surface area (Å²) in [5.74, 6) is -1.07. The molecule has 1 aromatic rings. The van der Waals surface area contributed by atoms with Crippen molar-refractivity contribution in [2.45, 2.75) is 0 Å². The van der Waals surface area contributed by atoms with Crippen molar-refractivity contribution in [1.29, 1.82) is 0 Å². The monoisotopic (exact) mass is 173 g/mol. The van der Waals surface area contributed by atoms with Crippen molar-refractivity contribution in [2.24, 2.45) is 0 Å². The zero-order valence-electron chi connectivity index (χ0n) is 6.59. The lowest BCUT2D eigenvalue weighted by molar-refractivity contribution is 0.297. The van der Waals surface area contributed by atoms with Crippen molar-refractivity contribution in [3.8, 4) is 0 Å². The van der Waals surface area contributed by atoms with E-state index in [4.69, 9.17) is 5.11 Å². The fourth-order valence-electron chi connectivity index (χ4n) is 0.855. The van der Waals surface area contributed by atoms with Crippen LogP contribution < -0.4 is 4.90 Å². The van der Waals surface area contributed by atoms with Crippen LogP contribution in [0.5, 0.6) is 0 Å². The number of aliphatic hydroxyl groups is 1. The van der Waals surface area contributed by atoms with Crippen molar-refractivity contribution in [2.75, 3.05) is 18.7 Å². The highest BCUT2D eigenvalue weighted by atomic mass is 19.1. The molecule has 12 heavy (non-hydrogen) atoms. The maximum absolute atomic E-state index is 12.9. The maximum atomic E-state index is 12.9. The van der Waals surface area contributed by atoms with Gasteiger partial charge in [-0.2, -0.15) is 0 Å². The van der Waals surface area contributed by atoms with Gasteiger partial charge in [-0.15, -0.1) is 0 Å². The summed E-state index contributed by atoms with van der Waals surface area (Å²) < 4.78 is 25.5. The molecule has 0 fully saturated rings. The summed E-state index contributed by atoms with van der Waals surface area (Å²) in [7, 11) is 1.47. The number of anilines is 1. The SMILES string of the molecule is CN(CO)c1cc(F)ccc1F. The number of benzene rings is 1. The number of aliphatic hydroxyl groups excluding tert-OH is 1. The molecule has 0 atom stereocenters. The van der Waals surface area contributed by atoms with Crippen LogP contribution in [0, 0.1) is 11.6 Å². The van der Waals surface area contributed by atoms with Gasteiger partial charge in [0.2, 0.25) is 0 Å². The lowest BCUT2D eigenvalue weighted by Gasteiger charge is -2.16. The molecule has 0 heterocycles. The van der Waals surface area contributed by atoms with E-state index in [1.54, 1.807) is 0 Å². The second-order valence-corrected chi connectivity index (χ2v) is 2.44. The molecule has 66 valence electrons. The standard InChI is InChI=1S/C8H9F2NO/c1-11(5-12)8-4-6(9)2-3-7(8)10/h2-4,12H,5H2,1H3. The highest BCUT2D eigenvalue weighted by molar-refractivity contribution is 5.46. The Morgan fingerprint density at radius 1 is 1.42 bits per heavy atom. The molecular weight excluding hydrogens is 164 g/mol. The Hall–Kier alpha value is -1.16. The van der Waals surface area contributed by atoms with E-state index in [1.165, 1.54) is 11.9 Å². The van der Waals surface area contributed by atoms with Crippen LogP contribution in [0.4, 0.5) is 14.5 Å². The molecule has 0 aliphatic rings. The highest BCUT2D eigenvalue weighted by Gasteiger charge is 2.06. The normalized spacial score (nSPS) is 10.0. The molecule has 0 spiro atoms. The molecule has 0 aromatic heterocycles. The van der Waals surface area contributed by atoms with E-state index in [0.29, 0.717) is 0 Å². The van der Waals surface area contributed by atoms with E-state index < -0.39 is 11.6 Å². The smallest absolute Gasteiger partial charge is 0.146 e. The molecule has 0 aliphatic heterocycles. The van der Waals surface area contributed by atoms with Gasteiger partial charge in [0, 0.05) is 13.1 Å². The van der Waals surface area contributed by atoms with Crippen molar-refractivity contribution in [1.82, 2.24) is 0 Å². The summed E-state index contributed by atoms with van der Waals surface area (Å²) in [4.78, 5) is 1.21. The molecule has 4 heteroatoms. The second kappa shape index (κ2) is 3.49.